The van der Waals surface area contributed by atoms with Crippen molar-refractivity contribution in [2.45, 2.75) is 30.9 Å². The zero-order chi connectivity index (χ0) is 20.9. The molecule has 0 atom stereocenters. The quantitative estimate of drug-likeness (QED) is 0.433. The van der Waals surface area contributed by atoms with Crippen molar-refractivity contribution in [1.82, 2.24) is 19.9 Å². The van der Waals surface area contributed by atoms with Crippen molar-refractivity contribution in [3.8, 4) is 5.88 Å². The third-order valence-electron chi connectivity index (χ3n) is 3.48. The van der Waals surface area contributed by atoms with E-state index in [9.17, 15) is 18.0 Å². The standard InChI is InChI=1S/C16H15Cl2F3N4O2S/c1-3-25(4-2)15(26)27-13-5-12(16(19,20)21)23-14(24-13)28-8-9-10(17)6-22-7-11(9)18/h5-7H,3-4,8H2,1-2H3. The van der Waals surface area contributed by atoms with Crippen LogP contribution < -0.4 is 4.74 Å². The SMILES string of the molecule is CCN(CC)C(=O)Oc1cc(C(F)(F)F)nc(SCc2c(Cl)cncc2Cl)n1. The normalized spacial score (nSPS) is 11.4. The van der Waals surface area contributed by atoms with E-state index in [0.29, 0.717) is 24.7 Å². The molecule has 0 saturated heterocycles. The molecule has 0 saturated carbocycles. The lowest BCUT2D eigenvalue weighted by molar-refractivity contribution is -0.141. The van der Waals surface area contributed by atoms with Crippen LogP contribution in [0.5, 0.6) is 5.88 Å². The molecule has 2 heterocycles. The van der Waals surface area contributed by atoms with Crippen molar-refractivity contribution in [2.24, 2.45) is 0 Å². The molecule has 0 N–H and O–H groups in total. The molecule has 6 nitrogen and oxygen atoms in total. The van der Waals surface area contributed by atoms with Gasteiger partial charge in [-0.2, -0.15) is 18.2 Å². The van der Waals surface area contributed by atoms with Crippen molar-refractivity contribution in [3.05, 3.63) is 39.8 Å². The topological polar surface area (TPSA) is 68.2 Å². The molecule has 0 aliphatic carbocycles. The van der Waals surface area contributed by atoms with Gasteiger partial charge in [0.2, 0.25) is 5.88 Å². The molecule has 152 valence electrons. The first-order valence-corrected chi connectivity index (χ1v) is 9.73. The molecule has 0 aliphatic heterocycles. The van der Waals surface area contributed by atoms with Crippen molar-refractivity contribution in [2.75, 3.05) is 13.1 Å². The fourth-order valence-electron chi connectivity index (χ4n) is 2.01. The Morgan fingerprint density at radius 3 is 2.32 bits per heavy atom. The lowest BCUT2D eigenvalue weighted by atomic mass is 10.3. The summed E-state index contributed by atoms with van der Waals surface area (Å²) in [6, 6.07) is 0.581. The number of thioether (sulfide) groups is 1. The van der Waals surface area contributed by atoms with Gasteiger partial charge in [-0.05, 0) is 13.8 Å². The van der Waals surface area contributed by atoms with Crippen molar-refractivity contribution < 1.29 is 22.7 Å². The molecule has 0 aromatic carbocycles. The van der Waals surface area contributed by atoms with Gasteiger partial charge in [-0.25, -0.2) is 9.78 Å². The number of carbonyl (C=O) groups excluding carboxylic acids is 1. The third kappa shape index (κ3) is 5.86. The molecule has 2 rings (SSSR count). The predicted octanol–water partition coefficient (Wildman–Crippen LogP) is 5.33. The Hall–Kier alpha value is -1.78. The van der Waals surface area contributed by atoms with Crippen LogP contribution >= 0.6 is 35.0 Å². The lowest BCUT2D eigenvalue weighted by Gasteiger charge is -2.18. The summed E-state index contributed by atoms with van der Waals surface area (Å²) in [7, 11) is 0. The average Bonchev–Trinajstić information content (AvgIpc) is 2.61. The maximum atomic E-state index is 13.2. The van der Waals surface area contributed by atoms with E-state index < -0.39 is 23.8 Å². The first kappa shape index (κ1) is 22.5. The van der Waals surface area contributed by atoms with E-state index in [1.165, 1.54) is 17.3 Å². The summed E-state index contributed by atoms with van der Waals surface area (Å²) in [4.78, 5) is 24.5. The molecule has 0 spiro atoms. The first-order valence-electron chi connectivity index (χ1n) is 7.99. The van der Waals surface area contributed by atoms with E-state index in [4.69, 9.17) is 27.9 Å². The smallest absolute Gasteiger partial charge is 0.391 e. The van der Waals surface area contributed by atoms with E-state index in [1.807, 2.05) is 0 Å². The summed E-state index contributed by atoms with van der Waals surface area (Å²) in [5, 5.41) is 0.293. The molecule has 2 aromatic rings. The van der Waals surface area contributed by atoms with Crippen molar-refractivity contribution in [1.29, 1.82) is 0 Å². The summed E-state index contributed by atoms with van der Waals surface area (Å²) >= 11 is 12.9. The molecule has 28 heavy (non-hydrogen) atoms. The second-order valence-electron chi connectivity index (χ2n) is 5.28. The number of amides is 1. The van der Waals surface area contributed by atoms with E-state index in [0.717, 1.165) is 11.8 Å². The monoisotopic (exact) mass is 454 g/mol. The minimum absolute atomic E-state index is 0.102. The molecule has 0 unspecified atom stereocenters. The van der Waals surface area contributed by atoms with E-state index in [1.54, 1.807) is 13.8 Å². The van der Waals surface area contributed by atoms with E-state index in [-0.39, 0.29) is 21.0 Å². The minimum Gasteiger partial charge on any atom is -0.391 e. The van der Waals surface area contributed by atoms with Gasteiger partial charge in [0.15, 0.2) is 10.9 Å². The highest BCUT2D eigenvalue weighted by Gasteiger charge is 2.34. The maximum Gasteiger partial charge on any atom is 0.433 e. The summed E-state index contributed by atoms with van der Waals surface area (Å²) in [6.07, 6.45) is -2.80. The van der Waals surface area contributed by atoms with Gasteiger partial charge in [0.25, 0.3) is 0 Å². The Morgan fingerprint density at radius 2 is 1.79 bits per heavy atom. The second-order valence-corrected chi connectivity index (χ2v) is 7.04. The van der Waals surface area contributed by atoms with Crippen LogP contribution in [0.4, 0.5) is 18.0 Å². The Kier molecular flexibility index (Phi) is 7.73. The van der Waals surface area contributed by atoms with E-state index >= 15 is 0 Å². The van der Waals surface area contributed by atoms with Crippen molar-refractivity contribution >= 4 is 41.1 Å². The van der Waals surface area contributed by atoms with Gasteiger partial charge < -0.3 is 9.64 Å². The van der Waals surface area contributed by atoms with Gasteiger partial charge in [-0.15, -0.1) is 0 Å². The Bertz CT molecular complexity index is 831. The van der Waals surface area contributed by atoms with Crippen LogP contribution in [0, 0.1) is 0 Å². The summed E-state index contributed by atoms with van der Waals surface area (Å²) in [5.41, 5.74) is -0.745. The van der Waals surface area contributed by atoms with Gasteiger partial charge in [0, 0.05) is 42.9 Å². The lowest BCUT2D eigenvalue weighted by Crippen LogP contribution is -2.33. The molecule has 1 amide bonds. The van der Waals surface area contributed by atoms with Gasteiger partial charge in [-0.3, -0.25) is 4.98 Å². The number of ether oxygens (including phenoxy) is 1. The molecular weight excluding hydrogens is 440 g/mol. The van der Waals surface area contributed by atoms with Crippen molar-refractivity contribution in [3.63, 3.8) is 0 Å². The highest BCUT2D eigenvalue weighted by Crippen LogP contribution is 2.34. The highest BCUT2D eigenvalue weighted by molar-refractivity contribution is 7.98. The summed E-state index contributed by atoms with van der Waals surface area (Å²) < 4.78 is 44.5. The number of carbonyl (C=O) groups is 1. The number of hydrogen-bond acceptors (Lipinski definition) is 6. The maximum absolute atomic E-state index is 13.2. The van der Waals surface area contributed by atoms with Crippen LogP contribution in [-0.4, -0.2) is 39.0 Å². The number of halogens is 5. The van der Waals surface area contributed by atoms with Crippen LogP contribution in [-0.2, 0) is 11.9 Å². The highest BCUT2D eigenvalue weighted by atomic mass is 35.5. The van der Waals surface area contributed by atoms with E-state index in [2.05, 4.69) is 15.0 Å². The van der Waals surface area contributed by atoms with Crippen LogP contribution in [0.2, 0.25) is 10.0 Å². The van der Waals surface area contributed by atoms with Crippen LogP contribution in [0.3, 0.4) is 0 Å². The Balaban J connectivity index is 2.29. The number of hydrogen-bond donors (Lipinski definition) is 0. The van der Waals surface area contributed by atoms with Gasteiger partial charge in [0.05, 0.1) is 10.0 Å². The molecule has 0 bridgehead atoms. The number of nitrogens with zero attached hydrogens (tertiary/aromatic N) is 4. The fourth-order valence-corrected chi connectivity index (χ4v) is 3.57. The zero-order valence-corrected chi connectivity index (χ0v) is 17.1. The second kappa shape index (κ2) is 9.62. The molecule has 0 radical (unpaired) electrons. The third-order valence-corrected chi connectivity index (χ3v) is 5.01. The van der Waals surface area contributed by atoms with Crippen LogP contribution in [0.25, 0.3) is 0 Å². The number of rotatable bonds is 6. The number of alkyl halides is 3. The van der Waals surface area contributed by atoms with Gasteiger partial charge in [-0.1, -0.05) is 35.0 Å². The first-order chi connectivity index (χ1) is 13.2. The number of aromatic nitrogens is 3. The minimum atomic E-state index is -4.74. The summed E-state index contributed by atoms with van der Waals surface area (Å²) in [5.74, 6) is -0.390. The fraction of sp³-hybridized carbons (Fsp3) is 0.375. The number of pyridine rings is 1. The molecule has 12 heteroatoms. The Labute approximate surface area is 173 Å². The molecule has 2 aromatic heterocycles. The van der Waals surface area contributed by atoms with Gasteiger partial charge in [0.1, 0.15) is 0 Å². The molecular formula is C16H15Cl2F3N4O2S. The predicted molar refractivity (Wildman–Crippen MR) is 99.8 cm³/mol. The zero-order valence-electron chi connectivity index (χ0n) is 14.8. The van der Waals surface area contributed by atoms with Crippen LogP contribution in [0.15, 0.2) is 23.6 Å². The molecule has 0 aliphatic rings. The molecule has 0 fully saturated rings. The van der Waals surface area contributed by atoms with Crippen LogP contribution in [0.1, 0.15) is 25.1 Å². The largest absolute Gasteiger partial charge is 0.433 e. The Morgan fingerprint density at radius 1 is 1.18 bits per heavy atom. The van der Waals surface area contributed by atoms with Gasteiger partial charge >= 0.3 is 12.3 Å². The average molecular weight is 455 g/mol. The summed E-state index contributed by atoms with van der Waals surface area (Å²) in [6.45, 7) is 4.12.